The molecule has 2 aromatic rings. The summed E-state index contributed by atoms with van der Waals surface area (Å²) in [5.74, 6) is -0.893. The Morgan fingerprint density at radius 1 is 1.44 bits per heavy atom. The fraction of sp³-hybridized carbons (Fsp3) is 0.250. The highest BCUT2D eigenvalue weighted by molar-refractivity contribution is 6.34. The number of halogens is 1. The van der Waals surface area contributed by atoms with Crippen molar-refractivity contribution < 1.29 is 14.3 Å². The van der Waals surface area contributed by atoms with E-state index in [1.54, 1.807) is 26.0 Å². The number of carbonyl (C=O) groups is 1. The minimum atomic E-state index is -0.990. The fourth-order valence-corrected chi connectivity index (χ4v) is 1.84. The van der Waals surface area contributed by atoms with Gasteiger partial charge in [0.05, 0.1) is 16.7 Å². The number of hydrogen-bond acceptors (Lipinski definition) is 2. The van der Waals surface area contributed by atoms with Gasteiger partial charge in [-0.25, -0.2) is 0 Å². The summed E-state index contributed by atoms with van der Waals surface area (Å²) in [6.45, 7) is 3.28. The normalized spacial score (nSPS) is 11.9. The minimum Gasteiger partial charge on any atom is -0.481 e. The van der Waals surface area contributed by atoms with Gasteiger partial charge in [-0.3, -0.25) is 4.79 Å². The highest BCUT2D eigenvalue weighted by Gasteiger charge is 2.33. The molecule has 0 fully saturated rings. The van der Waals surface area contributed by atoms with Crippen molar-refractivity contribution in [3.05, 3.63) is 35.0 Å². The zero-order chi connectivity index (χ0) is 11.9. The fourth-order valence-electron chi connectivity index (χ4n) is 1.62. The van der Waals surface area contributed by atoms with Crippen LogP contribution in [0.5, 0.6) is 0 Å². The molecular formula is C12H11ClO3. The first-order chi connectivity index (χ1) is 7.44. The molecule has 0 saturated heterocycles. The van der Waals surface area contributed by atoms with E-state index in [0.717, 1.165) is 5.39 Å². The molecule has 1 N–H and O–H groups in total. The molecule has 2 rings (SSSR count). The Bertz CT molecular complexity index is 554. The monoisotopic (exact) mass is 238 g/mol. The second-order valence-corrected chi connectivity index (χ2v) is 4.60. The Labute approximate surface area is 97.6 Å². The third-order valence-corrected chi connectivity index (χ3v) is 3.06. The lowest BCUT2D eigenvalue weighted by molar-refractivity contribution is -0.142. The Morgan fingerprint density at radius 3 is 2.75 bits per heavy atom. The number of benzene rings is 1. The van der Waals surface area contributed by atoms with E-state index in [4.69, 9.17) is 21.1 Å². The van der Waals surface area contributed by atoms with Crippen LogP contribution in [0.1, 0.15) is 19.4 Å². The van der Waals surface area contributed by atoms with E-state index in [2.05, 4.69) is 0 Å². The van der Waals surface area contributed by atoms with Crippen molar-refractivity contribution in [2.24, 2.45) is 0 Å². The average molecular weight is 239 g/mol. The van der Waals surface area contributed by atoms with Crippen molar-refractivity contribution in [2.75, 3.05) is 0 Å². The second-order valence-electron chi connectivity index (χ2n) is 4.20. The predicted molar refractivity (Wildman–Crippen MR) is 61.9 cm³/mol. The summed E-state index contributed by atoms with van der Waals surface area (Å²) in [5, 5.41) is 10.4. The molecule has 1 aromatic heterocycles. The van der Waals surface area contributed by atoms with Gasteiger partial charge in [-0.2, -0.15) is 0 Å². The predicted octanol–water partition coefficient (Wildman–Crippen LogP) is 3.45. The van der Waals surface area contributed by atoms with Crippen molar-refractivity contribution in [3.8, 4) is 0 Å². The zero-order valence-corrected chi connectivity index (χ0v) is 9.71. The Hall–Kier alpha value is -1.48. The topological polar surface area (TPSA) is 50.4 Å². The van der Waals surface area contributed by atoms with Crippen LogP contribution in [0.4, 0.5) is 0 Å². The molecule has 1 aromatic carbocycles. The number of carboxylic acids is 1. The Morgan fingerprint density at radius 2 is 2.12 bits per heavy atom. The van der Waals surface area contributed by atoms with Crippen LogP contribution >= 0.6 is 11.6 Å². The van der Waals surface area contributed by atoms with Gasteiger partial charge >= 0.3 is 5.97 Å². The largest absolute Gasteiger partial charge is 0.481 e. The van der Waals surface area contributed by atoms with Gasteiger partial charge in [0.1, 0.15) is 0 Å². The van der Waals surface area contributed by atoms with Crippen LogP contribution in [0.2, 0.25) is 5.02 Å². The number of rotatable bonds is 2. The Kier molecular flexibility index (Phi) is 2.43. The number of para-hydroxylation sites is 1. The molecule has 16 heavy (non-hydrogen) atoms. The van der Waals surface area contributed by atoms with Crippen LogP contribution in [0.3, 0.4) is 0 Å². The van der Waals surface area contributed by atoms with Gasteiger partial charge in [-0.1, -0.05) is 23.7 Å². The molecule has 0 aliphatic rings. The molecule has 0 aliphatic carbocycles. The summed E-state index contributed by atoms with van der Waals surface area (Å²) < 4.78 is 5.32. The molecule has 0 bridgehead atoms. The highest BCUT2D eigenvalue weighted by Crippen LogP contribution is 2.35. The van der Waals surface area contributed by atoms with Crippen LogP contribution < -0.4 is 0 Å². The molecule has 0 saturated carbocycles. The third-order valence-electron chi connectivity index (χ3n) is 2.76. The molecule has 0 atom stereocenters. The van der Waals surface area contributed by atoms with Crippen LogP contribution in [0.25, 0.3) is 11.0 Å². The van der Waals surface area contributed by atoms with E-state index >= 15 is 0 Å². The van der Waals surface area contributed by atoms with Gasteiger partial charge < -0.3 is 9.52 Å². The minimum absolute atomic E-state index is 0.491. The summed E-state index contributed by atoms with van der Waals surface area (Å²) in [6, 6.07) is 5.30. The number of carboxylic acid groups (broad SMARTS) is 1. The first-order valence-electron chi connectivity index (χ1n) is 4.84. The van der Waals surface area contributed by atoms with Gasteiger partial charge in [0.25, 0.3) is 0 Å². The lowest BCUT2D eigenvalue weighted by Gasteiger charge is -2.17. The highest BCUT2D eigenvalue weighted by atomic mass is 35.5. The van der Waals surface area contributed by atoms with Crippen LogP contribution in [0.15, 0.2) is 28.9 Å². The van der Waals surface area contributed by atoms with Crippen molar-refractivity contribution in [1.82, 2.24) is 0 Å². The van der Waals surface area contributed by atoms with Gasteiger partial charge in [0.15, 0.2) is 5.58 Å². The summed E-state index contributed by atoms with van der Waals surface area (Å²) >= 11 is 5.96. The van der Waals surface area contributed by atoms with Crippen molar-refractivity contribution in [1.29, 1.82) is 0 Å². The lowest BCUT2D eigenvalue weighted by Crippen LogP contribution is -2.28. The first-order valence-corrected chi connectivity index (χ1v) is 5.22. The van der Waals surface area contributed by atoms with Crippen LogP contribution in [-0.4, -0.2) is 11.1 Å². The second kappa shape index (κ2) is 3.52. The zero-order valence-electron chi connectivity index (χ0n) is 8.95. The van der Waals surface area contributed by atoms with E-state index in [1.807, 2.05) is 6.07 Å². The van der Waals surface area contributed by atoms with E-state index in [9.17, 15) is 4.79 Å². The van der Waals surface area contributed by atoms with Gasteiger partial charge in [0.2, 0.25) is 0 Å². The molecule has 84 valence electrons. The maximum Gasteiger partial charge on any atom is 0.313 e. The number of hydrogen-bond donors (Lipinski definition) is 1. The first kappa shape index (κ1) is 11.0. The standard InChI is InChI=1S/C12H11ClO3/c1-12(2,11(14)15)8-6-16-10-7(8)4-3-5-9(10)13/h3-6H,1-2H3,(H,14,15). The maximum absolute atomic E-state index is 11.2. The molecule has 4 heteroatoms. The molecule has 0 aliphatic heterocycles. The number of furan rings is 1. The lowest BCUT2D eigenvalue weighted by atomic mass is 9.85. The van der Waals surface area contributed by atoms with Crippen LogP contribution in [-0.2, 0) is 10.2 Å². The quantitative estimate of drug-likeness (QED) is 0.872. The molecule has 0 unspecified atom stereocenters. The summed E-state index contributed by atoms with van der Waals surface area (Å²) in [5.41, 5.74) is 0.182. The molecule has 1 heterocycles. The summed E-state index contributed by atoms with van der Waals surface area (Å²) in [6.07, 6.45) is 1.46. The van der Waals surface area contributed by atoms with Gasteiger partial charge in [-0.05, 0) is 19.9 Å². The van der Waals surface area contributed by atoms with E-state index in [0.29, 0.717) is 16.2 Å². The molecule has 0 spiro atoms. The molecule has 0 amide bonds. The van der Waals surface area contributed by atoms with Crippen molar-refractivity contribution >= 4 is 28.5 Å². The molecule has 0 radical (unpaired) electrons. The Balaban J connectivity index is 2.72. The van der Waals surface area contributed by atoms with Gasteiger partial charge in [0, 0.05) is 10.9 Å². The van der Waals surface area contributed by atoms with Crippen molar-refractivity contribution in [2.45, 2.75) is 19.3 Å². The van der Waals surface area contributed by atoms with Crippen LogP contribution in [0, 0.1) is 0 Å². The van der Waals surface area contributed by atoms with E-state index in [1.165, 1.54) is 6.26 Å². The number of aliphatic carboxylic acids is 1. The summed E-state index contributed by atoms with van der Waals surface area (Å²) in [7, 11) is 0. The van der Waals surface area contributed by atoms with Crippen molar-refractivity contribution in [3.63, 3.8) is 0 Å². The van der Waals surface area contributed by atoms with E-state index in [-0.39, 0.29) is 0 Å². The molecular weight excluding hydrogens is 228 g/mol. The van der Waals surface area contributed by atoms with Gasteiger partial charge in [-0.15, -0.1) is 0 Å². The third kappa shape index (κ3) is 1.48. The maximum atomic E-state index is 11.2. The SMILES string of the molecule is CC(C)(C(=O)O)c1coc2c(Cl)cccc12. The summed E-state index contributed by atoms with van der Waals surface area (Å²) in [4.78, 5) is 11.2. The number of fused-ring (bicyclic) bond motifs is 1. The molecule has 3 nitrogen and oxygen atoms in total. The smallest absolute Gasteiger partial charge is 0.313 e. The average Bonchev–Trinajstić information content (AvgIpc) is 2.63. The van der Waals surface area contributed by atoms with E-state index < -0.39 is 11.4 Å².